The average molecular weight is 368 g/mol. The lowest BCUT2D eigenvalue weighted by Gasteiger charge is -2.44. The van der Waals surface area contributed by atoms with Crippen LogP contribution >= 0.6 is 0 Å². The normalized spacial score (nSPS) is 22.3. The van der Waals surface area contributed by atoms with Gasteiger partial charge in [-0.2, -0.15) is 0 Å². The van der Waals surface area contributed by atoms with Crippen molar-refractivity contribution >= 4 is 5.69 Å². The second-order valence-corrected chi connectivity index (χ2v) is 7.97. The number of imidazole rings is 1. The van der Waals surface area contributed by atoms with Crippen LogP contribution in [0.4, 0.5) is 5.69 Å². The summed E-state index contributed by atoms with van der Waals surface area (Å²) >= 11 is 0. The Morgan fingerprint density at radius 2 is 1.89 bits per heavy atom. The third-order valence-electron chi connectivity index (χ3n) is 6.27. The molecule has 1 aromatic heterocycles. The number of rotatable bonds is 5. The fourth-order valence-corrected chi connectivity index (χ4v) is 4.70. The Bertz CT molecular complexity index is 732. The van der Waals surface area contributed by atoms with Crippen LogP contribution in [0.15, 0.2) is 36.7 Å². The van der Waals surface area contributed by atoms with Crippen molar-refractivity contribution in [2.75, 3.05) is 44.2 Å². The molecule has 4 rings (SSSR count). The molecule has 1 aromatic carbocycles. The monoisotopic (exact) mass is 367 g/mol. The van der Waals surface area contributed by atoms with E-state index in [1.165, 1.54) is 56.1 Å². The molecular weight excluding hydrogens is 334 g/mol. The lowest BCUT2D eigenvalue weighted by Crippen LogP contribution is -2.55. The summed E-state index contributed by atoms with van der Waals surface area (Å²) in [5.74, 6) is 1.21. The van der Waals surface area contributed by atoms with E-state index >= 15 is 0 Å². The molecule has 0 radical (unpaired) electrons. The second kappa shape index (κ2) is 8.44. The summed E-state index contributed by atoms with van der Waals surface area (Å²) in [5, 5.41) is 0. The molecule has 0 bridgehead atoms. The SMILES string of the molecule is CCn1ccnc1CN1CCC[C@@H](N2CCN(c3ccccc3C)CC2)C1. The molecule has 1 atom stereocenters. The Morgan fingerprint density at radius 3 is 2.67 bits per heavy atom. The molecule has 2 aliphatic heterocycles. The van der Waals surface area contributed by atoms with Crippen molar-refractivity contribution in [3.63, 3.8) is 0 Å². The summed E-state index contributed by atoms with van der Waals surface area (Å²) in [5.41, 5.74) is 2.80. The number of likely N-dealkylation sites (tertiary alicyclic amines) is 1. The van der Waals surface area contributed by atoms with Gasteiger partial charge in [-0.15, -0.1) is 0 Å². The number of aryl methyl sites for hydroxylation is 2. The standard InChI is InChI=1S/C22H33N5/c1-3-25-12-10-23-22(25)18-24-11-6-8-20(17-24)26-13-15-27(16-14-26)21-9-5-4-7-19(21)2/h4-5,7,9-10,12,20H,3,6,8,11,13-18H2,1-2H3/t20-/m1/s1. The van der Waals surface area contributed by atoms with E-state index in [9.17, 15) is 0 Å². The van der Waals surface area contributed by atoms with E-state index in [1.807, 2.05) is 6.20 Å². The second-order valence-electron chi connectivity index (χ2n) is 7.97. The topological polar surface area (TPSA) is 27.5 Å². The van der Waals surface area contributed by atoms with Gasteiger partial charge >= 0.3 is 0 Å². The van der Waals surface area contributed by atoms with Crippen molar-refractivity contribution in [1.82, 2.24) is 19.4 Å². The highest BCUT2D eigenvalue weighted by Crippen LogP contribution is 2.24. The van der Waals surface area contributed by atoms with Crippen molar-refractivity contribution in [2.24, 2.45) is 0 Å². The van der Waals surface area contributed by atoms with E-state index < -0.39 is 0 Å². The van der Waals surface area contributed by atoms with Crippen LogP contribution in [0, 0.1) is 6.92 Å². The fraction of sp³-hybridized carbons (Fsp3) is 0.591. The molecular formula is C22H33N5. The summed E-state index contributed by atoms with van der Waals surface area (Å²) in [6.07, 6.45) is 6.67. The highest BCUT2D eigenvalue weighted by atomic mass is 15.3. The van der Waals surface area contributed by atoms with E-state index in [4.69, 9.17) is 0 Å². The van der Waals surface area contributed by atoms with Gasteiger partial charge in [0, 0.05) is 63.4 Å². The molecule has 0 aliphatic carbocycles. The molecule has 0 spiro atoms. The van der Waals surface area contributed by atoms with Crippen molar-refractivity contribution in [3.8, 4) is 0 Å². The van der Waals surface area contributed by atoms with Crippen molar-refractivity contribution in [3.05, 3.63) is 48.0 Å². The lowest BCUT2D eigenvalue weighted by molar-refractivity contribution is 0.0867. The average Bonchev–Trinajstić information content (AvgIpc) is 3.16. The lowest BCUT2D eigenvalue weighted by atomic mass is 10.0. The van der Waals surface area contributed by atoms with Gasteiger partial charge in [0.05, 0.1) is 6.54 Å². The van der Waals surface area contributed by atoms with Crippen LogP contribution in [0.25, 0.3) is 0 Å². The number of para-hydroxylation sites is 1. The predicted molar refractivity (Wildman–Crippen MR) is 111 cm³/mol. The molecule has 2 aromatic rings. The van der Waals surface area contributed by atoms with Crippen molar-refractivity contribution < 1.29 is 0 Å². The smallest absolute Gasteiger partial charge is 0.122 e. The molecule has 0 amide bonds. The summed E-state index contributed by atoms with van der Waals surface area (Å²) < 4.78 is 2.27. The van der Waals surface area contributed by atoms with Gasteiger partial charge in [-0.25, -0.2) is 4.98 Å². The third-order valence-corrected chi connectivity index (χ3v) is 6.27. The Hall–Kier alpha value is -1.85. The van der Waals surface area contributed by atoms with Gasteiger partial charge in [0.1, 0.15) is 5.82 Å². The van der Waals surface area contributed by atoms with Crippen molar-refractivity contribution in [1.29, 1.82) is 0 Å². The van der Waals surface area contributed by atoms with Gasteiger partial charge in [0.2, 0.25) is 0 Å². The zero-order chi connectivity index (χ0) is 18.6. The Labute approximate surface area is 163 Å². The number of aromatic nitrogens is 2. The molecule has 2 aliphatic rings. The van der Waals surface area contributed by atoms with Crippen LogP contribution in [0.5, 0.6) is 0 Å². The first-order chi connectivity index (χ1) is 13.2. The quantitative estimate of drug-likeness (QED) is 0.812. The van der Waals surface area contributed by atoms with Crippen molar-refractivity contribution in [2.45, 2.75) is 45.8 Å². The fourth-order valence-electron chi connectivity index (χ4n) is 4.70. The maximum absolute atomic E-state index is 4.57. The minimum atomic E-state index is 0.697. The molecule has 5 heteroatoms. The molecule has 0 N–H and O–H groups in total. The Kier molecular flexibility index (Phi) is 5.79. The predicted octanol–water partition coefficient (Wildman–Crippen LogP) is 3.00. The summed E-state index contributed by atoms with van der Waals surface area (Å²) in [6.45, 7) is 13.4. The Morgan fingerprint density at radius 1 is 1.07 bits per heavy atom. The molecule has 3 heterocycles. The molecule has 2 fully saturated rings. The van der Waals surface area contributed by atoms with Gasteiger partial charge in [-0.05, 0) is 44.9 Å². The van der Waals surface area contributed by atoms with Crippen LogP contribution in [0.2, 0.25) is 0 Å². The highest BCUT2D eigenvalue weighted by Gasteiger charge is 2.28. The number of anilines is 1. The number of hydrogen-bond acceptors (Lipinski definition) is 4. The van der Waals surface area contributed by atoms with E-state index in [-0.39, 0.29) is 0 Å². The van der Waals surface area contributed by atoms with Crippen LogP contribution in [-0.4, -0.2) is 64.7 Å². The summed E-state index contributed by atoms with van der Waals surface area (Å²) in [4.78, 5) is 12.5. The molecule has 27 heavy (non-hydrogen) atoms. The number of nitrogens with zero attached hydrogens (tertiary/aromatic N) is 5. The molecule has 5 nitrogen and oxygen atoms in total. The number of hydrogen-bond donors (Lipinski definition) is 0. The van der Waals surface area contributed by atoms with E-state index in [2.05, 4.69) is 68.6 Å². The Balaban J connectivity index is 1.32. The molecule has 0 unspecified atom stereocenters. The van der Waals surface area contributed by atoms with Crippen LogP contribution in [-0.2, 0) is 13.1 Å². The maximum atomic E-state index is 4.57. The number of piperidine rings is 1. The minimum Gasteiger partial charge on any atom is -0.369 e. The van der Waals surface area contributed by atoms with E-state index in [1.54, 1.807) is 0 Å². The maximum Gasteiger partial charge on any atom is 0.122 e. The van der Waals surface area contributed by atoms with Crippen LogP contribution in [0.1, 0.15) is 31.2 Å². The van der Waals surface area contributed by atoms with Crippen LogP contribution < -0.4 is 4.90 Å². The zero-order valence-corrected chi connectivity index (χ0v) is 16.8. The van der Waals surface area contributed by atoms with Gasteiger partial charge in [0.25, 0.3) is 0 Å². The van der Waals surface area contributed by atoms with Gasteiger partial charge in [0.15, 0.2) is 0 Å². The molecule has 2 saturated heterocycles. The molecule has 0 saturated carbocycles. The zero-order valence-electron chi connectivity index (χ0n) is 16.8. The first-order valence-corrected chi connectivity index (χ1v) is 10.5. The summed E-state index contributed by atoms with van der Waals surface area (Å²) in [6, 6.07) is 9.48. The number of piperazine rings is 1. The highest BCUT2D eigenvalue weighted by molar-refractivity contribution is 5.53. The van der Waals surface area contributed by atoms with Gasteiger partial charge < -0.3 is 9.47 Å². The summed E-state index contributed by atoms with van der Waals surface area (Å²) in [7, 11) is 0. The first kappa shape index (κ1) is 18.5. The molecule has 146 valence electrons. The third kappa shape index (κ3) is 4.19. The number of benzene rings is 1. The van der Waals surface area contributed by atoms with Gasteiger partial charge in [-0.3, -0.25) is 9.80 Å². The van der Waals surface area contributed by atoms with E-state index in [0.717, 1.165) is 26.2 Å². The van der Waals surface area contributed by atoms with E-state index in [0.29, 0.717) is 6.04 Å². The first-order valence-electron chi connectivity index (χ1n) is 10.5. The minimum absolute atomic E-state index is 0.697. The van der Waals surface area contributed by atoms with Gasteiger partial charge in [-0.1, -0.05) is 18.2 Å². The van der Waals surface area contributed by atoms with Crippen LogP contribution in [0.3, 0.4) is 0 Å². The largest absolute Gasteiger partial charge is 0.369 e.